The van der Waals surface area contributed by atoms with E-state index in [1.165, 1.54) is 32.0 Å². The van der Waals surface area contributed by atoms with E-state index in [-0.39, 0.29) is 10.9 Å². The van der Waals surface area contributed by atoms with E-state index in [0.717, 1.165) is 17.5 Å². The van der Waals surface area contributed by atoms with Crippen molar-refractivity contribution >= 4 is 35.3 Å². The predicted molar refractivity (Wildman–Crippen MR) is 130 cm³/mol. The Kier molecular flexibility index (Phi) is 10.3. The molecule has 33 heavy (non-hydrogen) atoms. The van der Waals surface area contributed by atoms with Crippen LogP contribution in [0.3, 0.4) is 0 Å². The summed E-state index contributed by atoms with van der Waals surface area (Å²) in [5.74, 6) is 6.93. The Labute approximate surface area is 202 Å². The molecule has 9 nitrogen and oxygen atoms in total. The Balaban J connectivity index is 1.96. The highest BCUT2D eigenvalue weighted by atomic mass is 32.2. The fourth-order valence-corrected chi connectivity index (χ4v) is 4.29. The number of methoxy groups -OCH3 is 2. The molecule has 2 rings (SSSR count). The summed E-state index contributed by atoms with van der Waals surface area (Å²) in [5, 5.41) is 0.258. The van der Waals surface area contributed by atoms with Gasteiger partial charge in [-0.25, -0.2) is 10.9 Å². The summed E-state index contributed by atoms with van der Waals surface area (Å²) in [6.07, 6.45) is 0. The van der Waals surface area contributed by atoms with E-state index >= 15 is 0 Å². The topological polar surface area (TPSA) is 117 Å². The molecule has 2 aromatic rings. The predicted octanol–water partition coefficient (Wildman–Crippen LogP) is 3.04. The number of carbonyl (C=O) groups excluding carboxylic acids is 2. The summed E-state index contributed by atoms with van der Waals surface area (Å²) >= 11 is 2.45. The number of imide groups is 1. The smallest absolute Gasteiger partial charge is 0.257 e. The molecule has 0 saturated carbocycles. The van der Waals surface area contributed by atoms with Crippen molar-refractivity contribution in [2.24, 2.45) is 11.3 Å². The molecule has 1 aromatic carbocycles. The number of amides is 2. The summed E-state index contributed by atoms with van der Waals surface area (Å²) in [5.41, 5.74) is -0.532. The Morgan fingerprint density at radius 1 is 1.09 bits per heavy atom. The van der Waals surface area contributed by atoms with Crippen LogP contribution in [0.5, 0.6) is 17.5 Å². The monoisotopic (exact) mass is 494 g/mol. The highest BCUT2D eigenvalue weighted by Gasteiger charge is 2.37. The van der Waals surface area contributed by atoms with E-state index in [1.807, 2.05) is 51.1 Å². The molecule has 0 radical (unpaired) electrons. The Morgan fingerprint density at radius 2 is 1.70 bits per heavy atom. The van der Waals surface area contributed by atoms with E-state index in [1.54, 1.807) is 0 Å². The highest BCUT2D eigenvalue weighted by Crippen LogP contribution is 2.36. The average Bonchev–Trinajstić information content (AvgIpc) is 2.80. The number of thioether (sulfide) groups is 2. The van der Waals surface area contributed by atoms with Crippen LogP contribution < -0.4 is 20.1 Å². The second kappa shape index (κ2) is 12.7. The molecule has 0 saturated heterocycles. The van der Waals surface area contributed by atoms with Crippen molar-refractivity contribution in [2.45, 2.75) is 31.2 Å². The molecule has 1 atom stereocenters. The lowest BCUT2D eigenvalue weighted by Gasteiger charge is -2.30. The second-order valence-electron chi connectivity index (χ2n) is 7.92. The van der Waals surface area contributed by atoms with Gasteiger partial charge in [0.15, 0.2) is 5.16 Å². The van der Waals surface area contributed by atoms with Gasteiger partial charge in [0.05, 0.1) is 37.9 Å². The van der Waals surface area contributed by atoms with Crippen molar-refractivity contribution in [1.82, 2.24) is 15.0 Å². The van der Waals surface area contributed by atoms with Gasteiger partial charge < -0.3 is 14.2 Å². The third-order valence-electron chi connectivity index (χ3n) is 4.28. The zero-order chi connectivity index (χ0) is 24.4. The van der Waals surface area contributed by atoms with Crippen LogP contribution in [0.4, 0.5) is 0 Å². The molecule has 1 heterocycles. The first-order valence-corrected chi connectivity index (χ1v) is 12.2. The third kappa shape index (κ3) is 8.41. The number of aromatic nitrogens is 2. The van der Waals surface area contributed by atoms with Crippen LogP contribution in [0.2, 0.25) is 0 Å². The lowest BCUT2D eigenvalue weighted by Crippen LogP contribution is -2.51. The summed E-state index contributed by atoms with van der Waals surface area (Å²) in [7, 11) is 2.96. The Hall–Kier alpha value is -2.50. The molecular formula is C22H30N4O5S2. The van der Waals surface area contributed by atoms with Gasteiger partial charge >= 0.3 is 0 Å². The van der Waals surface area contributed by atoms with Crippen molar-refractivity contribution in [2.75, 3.05) is 32.3 Å². The number of hydrogen-bond donors (Lipinski definition) is 1. The zero-order valence-corrected chi connectivity index (χ0v) is 21.1. The number of nitrogens with zero attached hydrogens (tertiary/aromatic N) is 3. The van der Waals surface area contributed by atoms with Crippen molar-refractivity contribution in [3.05, 3.63) is 36.4 Å². The Morgan fingerprint density at radius 3 is 2.24 bits per heavy atom. The first kappa shape index (κ1) is 26.7. The number of carbonyl (C=O) groups is 2. The minimum absolute atomic E-state index is 0.0609. The molecule has 1 unspecified atom stereocenters. The summed E-state index contributed by atoms with van der Waals surface area (Å²) in [6, 6.07) is 11.0. The van der Waals surface area contributed by atoms with E-state index < -0.39 is 22.5 Å². The number of ether oxygens (including phenoxy) is 3. The molecule has 1 aromatic heterocycles. The van der Waals surface area contributed by atoms with Gasteiger partial charge in [-0.15, -0.1) is 11.8 Å². The Bertz CT molecular complexity index is 902. The van der Waals surface area contributed by atoms with Gasteiger partial charge in [-0.1, -0.05) is 50.7 Å². The van der Waals surface area contributed by atoms with Gasteiger partial charge in [0, 0.05) is 5.75 Å². The standard InChI is InChI=1S/C22H30N4O5S2/c1-22(2,3)19(33-21-24-16(29-4)13-17(25-21)30-5)20(28)26(23)18(27)14-32-12-11-31-15-9-7-6-8-10-15/h6-10,13,19H,11-12,14,23H2,1-5H3. The van der Waals surface area contributed by atoms with Gasteiger partial charge in [0.1, 0.15) is 5.75 Å². The average molecular weight is 495 g/mol. The molecule has 11 heteroatoms. The first-order chi connectivity index (χ1) is 15.7. The molecule has 2 amide bonds. The largest absolute Gasteiger partial charge is 0.493 e. The number of para-hydroxylation sites is 1. The van der Waals surface area contributed by atoms with Crippen molar-refractivity contribution in [3.63, 3.8) is 0 Å². The number of hydrogen-bond acceptors (Lipinski definition) is 10. The van der Waals surface area contributed by atoms with Crippen LogP contribution in [0.25, 0.3) is 0 Å². The van der Waals surface area contributed by atoms with E-state index in [4.69, 9.17) is 20.1 Å². The van der Waals surface area contributed by atoms with Gasteiger partial charge in [-0.2, -0.15) is 9.97 Å². The maximum absolute atomic E-state index is 13.1. The molecule has 180 valence electrons. The fraction of sp³-hybridized carbons (Fsp3) is 0.455. The van der Waals surface area contributed by atoms with Gasteiger partial charge in [-0.3, -0.25) is 9.59 Å². The molecule has 0 aliphatic rings. The summed E-state index contributed by atoms with van der Waals surface area (Å²) in [4.78, 5) is 34.2. The van der Waals surface area contributed by atoms with Crippen LogP contribution in [0.15, 0.2) is 41.6 Å². The third-order valence-corrected chi connectivity index (χ3v) is 6.73. The summed E-state index contributed by atoms with van der Waals surface area (Å²) in [6.45, 7) is 6.09. The van der Waals surface area contributed by atoms with Gasteiger partial charge in [0.2, 0.25) is 11.8 Å². The lowest BCUT2D eigenvalue weighted by atomic mass is 9.91. The molecule has 0 fully saturated rings. The van der Waals surface area contributed by atoms with Crippen LogP contribution in [-0.4, -0.2) is 64.4 Å². The fourth-order valence-electron chi connectivity index (χ4n) is 2.56. The zero-order valence-electron chi connectivity index (χ0n) is 19.4. The molecule has 2 N–H and O–H groups in total. The van der Waals surface area contributed by atoms with Crippen molar-refractivity contribution in [1.29, 1.82) is 0 Å². The van der Waals surface area contributed by atoms with Gasteiger partial charge in [0.25, 0.3) is 11.8 Å². The minimum Gasteiger partial charge on any atom is -0.493 e. The molecule has 0 aliphatic heterocycles. The van der Waals surface area contributed by atoms with Crippen LogP contribution >= 0.6 is 23.5 Å². The maximum atomic E-state index is 13.1. The van der Waals surface area contributed by atoms with Crippen LogP contribution in [0, 0.1) is 5.41 Å². The molecule has 0 aliphatic carbocycles. The number of rotatable bonds is 11. The normalized spacial score (nSPS) is 12.1. The first-order valence-electron chi connectivity index (χ1n) is 10.2. The molecule has 0 spiro atoms. The van der Waals surface area contributed by atoms with Crippen molar-refractivity contribution in [3.8, 4) is 17.5 Å². The quantitative estimate of drug-likeness (QED) is 0.125. The number of nitrogens with two attached hydrogens (primary N) is 1. The van der Waals surface area contributed by atoms with Crippen LogP contribution in [-0.2, 0) is 9.59 Å². The highest BCUT2D eigenvalue weighted by molar-refractivity contribution is 8.00. The molecule has 0 bridgehead atoms. The lowest BCUT2D eigenvalue weighted by molar-refractivity contribution is -0.144. The maximum Gasteiger partial charge on any atom is 0.257 e. The number of hydrazine groups is 1. The van der Waals surface area contributed by atoms with E-state index in [0.29, 0.717) is 29.1 Å². The second-order valence-corrected chi connectivity index (χ2v) is 10.1. The van der Waals surface area contributed by atoms with E-state index in [2.05, 4.69) is 9.97 Å². The van der Waals surface area contributed by atoms with E-state index in [9.17, 15) is 9.59 Å². The minimum atomic E-state index is -0.713. The van der Waals surface area contributed by atoms with Gasteiger partial charge in [-0.05, 0) is 17.5 Å². The number of benzene rings is 1. The molecular weight excluding hydrogens is 464 g/mol. The van der Waals surface area contributed by atoms with Crippen LogP contribution in [0.1, 0.15) is 20.8 Å². The SMILES string of the molecule is COc1cc(OC)nc(SC(C(=O)N(N)C(=O)CSCCOc2ccccc2)C(C)(C)C)n1. The van der Waals surface area contributed by atoms with Crippen molar-refractivity contribution < 1.29 is 23.8 Å². The summed E-state index contributed by atoms with van der Waals surface area (Å²) < 4.78 is 15.9.